The van der Waals surface area contributed by atoms with Crippen LogP contribution in [-0.4, -0.2) is 89.5 Å². The first-order valence-electron chi connectivity index (χ1n) is 15.8. The Morgan fingerprint density at radius 3 is 2.39 bits per heavy atom. The largest absolute Gasteiger partial charge is 0.508 e. The molecular formula is C35H39N5O8S. The van der Waals surface area contributed by atoms with E-state index in [2.05, 4.69) is 15.2 Å². The molecule has 2 heterocycles. The molecule has 1 fully saturated rings. The van der Waals surface area contributed by atoms with Crippen LogP contribution in [0, 0.1) is 10.1 Å². The highest BCUT2D eigenvalue weighted by Crippen LogP contribution is 2.31. The van der Waals surface area contributed by atoms with E-state index in [1.54, 1.807) is 68.1 Å². The van der Waals surface area contributed by atoms with Crippen LogP contribution in [0.3, 0.4) is 0 Å². The lowest BCUT2D eigenvalue weighted by Gasteiger charge is -2.36. The Bertz CT molecular complexity index is 1950. The summed E-state index contributed by atoms with van der Waals surface area (Å²) in [6, 6.07) is 18.0. The van der Waals surface area contributed by atoms with Gasteiger partial charge >= 0.3 is 5.97 Å². The molecule has 3 aromatic carbocycles. The molecule has 5 rings (SSSR count). The molecule has 1 aliphatic rings. The van der Waals surface area contributed by atoms with Crippen molar-refractivity contribution in [2.75, 3.05) is 32.7 Å². The van der Waals surface area contributed by atoms with E-state index in [-0.39, 0.29) is 45.8 Å². The number of fused-ring (bicyclic) bond motifs is 1. The van der Waals surface area contributed by atoms with E-state index in [1.165, 1.54) is 30.5 Å². The van der Waals surface area contributed by atoms with Crippen molar-refractivity contribution in [1.82, 2.24) is 20.1 Å². The molecule has 1 amide bonds. The molecule has 0 aliphatic carbocycles. The minimum absolute atomic E-state index is 0.0158. The van der Waals surface area contributed by atoms with Crippen LogP contribution in [0.2, 0.25) is 0 Å². The van der Waals surface area contributed by atoms with Gasteiger partial charge < -0.3 is 14.7 Å². The summed E-state index contributed by atoms with van der Waals surface area (Å²) < 4.78 is 33.7. The lowest BCUT2D eigenvalue weighted by atomic mass is 10.0. The minimum Gasteiger partial charge on any atom is -0.508 e. The first-order chi connectivity index (χ1) is 23.2. The molecule has 1 atom stereocenters. The number of rotatable bonds is 11. The van der Waals surface area contributed by atoms with Crippen molar-refractivity contribution in [2.24, 2.45) is 0 Å². The summed E-state index contributed by atoms with van der Waals surface area (Å²) in [5, 5.41) is 25.3. The molecule has 13 nitrogen and oxygen atoms in total. The topological polar surface area (TPSA) is 172 Å². The molecular weight excluding hydrogens is 650 g/mol. The molecule has 1 aliphatic heterocycles. The fourth-order valence-electron chi connectivity index (χ4n) is 5.75. The summed E-state index contributed by atoms with van der Waals surface area (Å²) in [6.07, 6.45) is 1.30. The molecule has 49 heavy (non-hydrogen) atoms. The fourth-order valence-corrected chi connectivity index (χ4v) is 7.41. The number of pyridine rings is 1. The standard InChI is InChI=1S/C35H39N5O8S/c1-35(2,3)48-32(42)22-37-30(34(43)39-18-16-38(17-19-39)23-24-8-11-27(12-9-24)40(44)45)20-26-10-13-28(41)21-31(26)49(46,47)33-29-7-5-4-6-25(29)14-15-36-33/h4-15,21,30,37,41H,16-20,22-23H2,1-3H3. The molecule has 2 N–H and O–H groups in total. The first kappa shape index (κ1) is 35.4. The third kappa shape index (κ3) is 8.76. The van der Waals surface area contributed by atoms with E-state index in [9.17, 15) is 33.2 Å². The van der Waals surface area contributed by atoms with E-state index < -0.39 is 32.4 Å². The highest BCUT2D eigenvalue weighted by atomic mass is 32.2. The van der Waals surface area contributed by atoms with Crippen molar-refractivity contribution < 1.29 is 32.8 Å². The number of ether oxygens (including phenoxy) is 1. The predicted octanol–water partition coefficient (Wildman–Crippen LogP) is 3.87. The van der Waals surface area contributed by atoms with Crippen molar-refractivity contribution >= 4 is 38.2 Å². The second-order valence-corrected chi connectivity index (χ2v) is 14.7. The number of aromatic hydroxyl groups is 1. The number of hydrogen-bond donors (Lipinski definition) is 2. The number of carbonyl (C=O) groups is 2. The Morgan fingerprint density at radius 2 is 1.71 bits per heavy atom. The Kier molecular flexibility index (Phi) is 10.6. The maximum atomic E-state index is 14.1. The second kappa shape index (κ2) is 14.7. The molecule has 0 spiro atoms. The summed E-state index contributed by atoms with van der Waals surface area (Å²) in [5.74, 6) is -1.16. The Hall–Kier alpha value is -4.92. The van der Waals surface area contributed by atoms with Gasteiger partial charge in [-0.15, -0.1) is 0 Å². The third-order valence-corrected chi connectivity index (χ3v) is 9.90. The van der Waals surface area contributed by atoms with Crippen molar-refractivity contribution in [3.8, 4) is 5.75 Å². The predicted molar refractivity (Wildman–Crippen MR) is 182 cm³/mol. The van der Waals surface area contributed by atoms with Crippen LogP contribution in [-0.2, 0) is 37.1 Å². The van der Waals surface area contributed by atoms with E-state index in [0.29, 0.717) is 43.5 Å². The van der Waals surface area contributed by atoms with Gasteiger partial charge in [0.25, 0.3) is 5.69 Å². The highest BCUT2D eigenvalue weighted by molar-refractivity contribution is 7.91. The number of nitrogens with zero attached hydrogens (tertiary/aromatic N) is 4. The molecule has 14 heteroatoms. The average molecular weight is 690 g/mol. The van der Waals surface area contributed by atoms with Gasteiger partial charge in [0.15, 0.2) is 5.03 Å². The van der Waals surface area contributed by atoms with Crippen molar-refractivity contribution in [3.05, 3.63) is 100 Å². The van der Waals surface area contributed by atoms with Crippen LogP contribution in [0.1, 0.15) is 31.9 Å². The number of piperazine rings is 1. The van der Waals surface area contributed by atoms with Crippen LogP contribution in [0.5, 0.6) is 5.75 Å². The number of sulfone groups is 1. The number of hydrogen-bond acceptors (Lipinski definition) is 11. The van der Waals surface area contributed by atoms with Gasteiger partial charge in [-0.2, -0.15) is 0 Å². The fraction of sp³-hybridized carbons (Fsp3) is 0.343. The van der Waals surface area contributed by atoms with Crippen molar-refractivity contribution in [3.63, 3.8) is 0 Å². The number of non-ortho nitro benzene ring substituents is 1. The number of nitrogens with one attached hydrogen (secondary N) is 1. The summed E-state index contributed by atoms with van der Waals surface area (Å²) >= 11 is 0. The SMILES string of the molecule is CC(C)(C)OC(=O)CNC(Cc1ccc(O)cc1S(=O)(=O)c1nccc2ccccc12)C(=O)N1CCN(Cc2ccc([N+](=O)[O-])cc2)CC1. The zero-order valence-corrected chi connectivity index (χ0v) is 28.4. The van der Waals surface area contributed by atoms with Crippen LogP contribution in [0.25, 0.3) is 10.8 Å². The van der Waals surface area contributed by atoms with Gasteiger partial charge in [-0.25, -0.2) is 13.4 Å². The Labute approximate surface area is 284 Å². The average Bonchev–Trinajstić information content (AvgIpc) is 3.06. The zero-order valence-electron chi connectivity index (χ0n) is 27.5. The maximum absolute atomic E-state index is 14.1. The number of phenols is 1. The number of benzene rings is 3. The number of nitro groups is 1. The van der Waals surface area contributed by atoms with Gasteiger partial charge in [0.05, 0.1) is 22.4 Å². The van der Waals surface area contributed by atoms with E-state index in [1.807, 2.05) is 0 Å². The van der Waals surface area contributed by atoms with Crippen molar-refractivity contribution in [2.45, 2.75) is 55.3 Å². The molecule has 0 saturated carbocycles. The van der Waals surface area contributed by atoms with Crippen LogP contribution in [0.4, 0.5) is 5.69 Å². The summed E-state index contributed by atoms with van der Waals surface area (Å²) in [6.45, 7) is 7.28. The first-order valence-corrected chi connectivity index (χ1v) is 17.3. The highest BCUT2D eigenvalue weighted by Gasteiger charge is 2.32. The van der Waals surface area contributed by atoms with Gasteiger partial charge in [-0.1, -0.05) is 42.5 Å². The van der Waals surface area contributed by atoms with E-state index in [4.69, 9.17) is 4.74 Å². The summed E-state index contributed by atoms with van der Waals surface area (Å²) in [5.41, 5.74) is 0.438. The molecule has 1 aromatic heterocycles. The van der Waals surface area contributed by atoms with Gasteiger partial charge in [0, 0.05) is 56.4 Å². The summed E-state index contributed by atoms with van der Waals surface area (Å²) in [7, 11) is -4.27. The molecule has 4 aromatic rings. The number of phenolic OH excluding ortho intramolecular Hbond substituents is 1. The monoisotopic (exact) mass is 689 g/mol. The van der Waals surface area contributed by atoms with Gasteiger partial charge in [0.2, 0.25) is 15.7 Å². The number of nitro benzene ring substituents is 1. The van der Waals surface area contributed by atoms with Gasteiger partial charge in [-0.3, -0.25) is 29.9 Å². The number of aromatic nitrogens is 1. The Balaban J connectivity index is 1.38. The quantitative estimate of drug-likeness (QED) is 0.133. The van der Waals surface area contributed by atoms with E-state index >= 15 is 0 Å². The van der Waals surface area contributed by atoms with Crippen LogP contribution < -0.4 is 5.32 Å². The van der Waals surface area contributed by atoms with Crippen LogP contribution in [0.15, 0.2) is 88.9 Å². The maximum Gasteiger partial charge on any atom is 0.320 e. The van der Waals surface area contributed by atoms with E-state index in [0.717, 1.165) is 11.6 Å². The number of amides is 1. The molecule has 1 unspecified atom stereocenters. The molecule has 0 bridgehead atoms. The molecule has 258 valence electrons. The second-order valence-electron chi connectivity index (χ2n) is 12.9. The summed E-state index contributed by atoms with van der Waals surface area (Å²) in [4.78, 5) is 45.1. The van der Waals surface area contributed by atoms with Gasteiger partial charge in [-0.05, 0) is 61.9 Å². The lowest BCUT2D eigenvalue weighted by Crippen LogP contribution is -2.55. The number of esters is 1. The lowest BCUT2D eigenvalue weighted by molar-refractivity contribution is -0.384. The zero-order chi connectivity index (χ0) is 35.3. The molecule has 0 radical (unpaired) electrons. The minimum atomic E-state index is -4.27. The normalized spacial score (nSPS) is 14.8. The number of carbonyl (C=O) groups excluding carboxylic acids is 2. The Morgan fingerprint density at radius 1 is 1.02 bits per heavy atom. The van der Waals surface area contributed by atoms with Crippen LogP contribution >= 0.6 is 0 Å². The van der Waals surface area contributed by atoms with Crippen molar-refractivity contribution in [1.29, 1.82) is 0 Å². The molecule has 1 saturated heterocycles. The van der Waals surface area contributed by atoms with Gasteiger partial charge in [0.1, 0.15) is 11.4 Å². The third-order valence-electron chi connectivity index (χ3n) is 8.10. The smallest absolute Gasteiger partial charge is 0.320 e.